The first-order chi connectivity index (χ1) is 7.71. The monoisotopic (exact) mass is 217 g/mol. The van der Waals surface area contributed by atoms with Crippen LogP contribution in [0.3, 0.4) is 0 Å². The molecule has 4 heteroatoms. The molecule has 4 nitrogen and oxygen atoms in total. The molecule has 0 fully saturated rings. The lowest BCUT2D eigenvalue weighted by atomic mass is 10.2. The molecule has 1 heterocycles. The van der Waals surface area contributed by atoms with Crippen LogP contribution in [0.15, 0.2) is 18.3 Å². The SMILES string of the molecule is CCN(CC(C)C#N)c1ccc(C=O)cn1. The molecule has 0 spiro atoms. The Morgan fingerprint density at radius 1 is 1.62 bits per heavy atom. The molecule has 0 aliphatic carbocycles. The van der Waals surface area contributed by atoms with Crippen molar-refractivity contribution in [1.82, 2.24) is 4.98 Å². The zero-order valence-corrected chi connectivity index (χ0v) is 9.55. The number of nitriles is 1. The van der Waals surface area contributed by atoms with E-state index < -0.39 is 0 Å². The summed E-state index contributed by atoms with van der Waals surface area (Å²) >= 11 is 0. The van der Waals surface area contributed by atoms with Crippen LogP contribution in [0.4, 0.5) is 5.82 Å². The zero-order chi connectivity index (χ0) is 12.0. The summed E-state index contributed by atoms with van der Waals surface area (Å²) in [5.74, 6) is 0.766. The molecule has 0 saturated carbocycles. The highest BCUT2D eigenvalue weighted by atomic mass is 16.1. The number of carbonyl (C=O) groups excluding carboxylic acids is 1. The molecular weight excluding hydrogens is 202 g/mol. The predicted molar refractivity (Wildman–Crippen MR) is 62.3 cm³/mol. The van der Waals surface area contributed by atoms with Crippen LogP contribution in [-0.4, -0.2) is 24.4 Å². The summed E-state index contributed by atoms with van der Waals surface area (Å²) in [6, 6.07) is 5.73. The summed E-state index contributed by atoms with van der Waals surface area (Å²) < 4.78 is 0. The second-order valence-electron chi connectivity index (χ2n) is 3.64. The Labute approximate surface area is 95.5 Å². The molecule has 0 bridgehead atoms. The van der Waals surface area contributed by atoms with E-state index in [0.29, 0.717) is 12.1 Å². The van der Waals surface area contributed by atoms with Gasteiger partial charge in [-0.05, 0) is 26.0 Å². The number of aromatic nitrogens is 1. The van der Waals surface area contributed by atoms with Gasteiger partial charge in [-0.2, -0.15) is 5.26 Å². The molecule has 0 aliphatic rings. The quantitative estimate of drug-likeness (QED) is 0.706. The maximum Gasteiger partial charge on any atom is 0.151 e. The standard InChI is InChI=1S/C12H15N3O/c1-3-15(8-10(2)6-13)12-5-4-11(9-16)7-14-12/h4-5,7,9-10H,3,8H2,1-2H3. The van der Waals surface area contributed by atoms with Crippen molar-refractivity contribution in [3.8, 4) is 6.07 Å². The number of hydrogen-bond donors (Lipinski definition) is 0. The molecule has 0 saturated heterocycles. The third-order valence-corrected chi connectivity index (χ3v) is 2.33. The van der Waals surface area contributed by atoms with Crippen LogP contribution in [0.5, 0.6) is 0 Å². The van der Waals surface area contributed by atoms with E-state index in [4.69, 9.17) is 5.26 Å². The average Bonchev–Trinajstić information content (AvgIpc) is 2.35. The molecule has 0 N–H and O–H groups in total. The highest BCUT2D eigenvalue weighted by molar-refractivity contribution is 5.74. The third-order valence-electron chi connectivity index (χ3n) is 2.33. The molecule has 16 heavy (non-hydrogen) atoms. The molecule has 1 unspecified atom stereocenters. The lowest BCUT2D eigenvalue weighted by molar-refractivity contribution is 0.112. The molecule has 0 amide bonds. The first-order valence-electron chi connectivity index (χ1n) is 5.27. The number of carbonyl (C=O) groups is 1. The van der Waals surface area contributed by atoms with E-state index in [1.807, 2.05) is 18.7 Å². The van der Waals surface area contributed by atoms with Gasteiger partial charge in [0.1, 0.15) is 5.82 Å². The van der Waals surface area contributed by atoms with Crippen molar-refractivity contribution in [3.05, 3.63) is 23.9 Å². The number of pyridine rings is 1. The molecule has 0 radical (unpaired) electrons. The Hall–Kier alpha value is -1.89. The van der Waals surface area contributed by atoms with Gasteiger partial charge in [-0.3, -0.25) is 4.79 Å². The van der Waals surface area contributed by atoms with Gasteiger partial charge < -0.3 is 4.90 Å². The van der Waals surface area contributed by atoms with Gasteiger partial charge in [0.05, 0.1) is 12.0 Å². The largest absolute Gasteiger partial charge is 0.356 e. The number of rotatable bonds is 5. The van der Waals surface area contributed by atoms with Gasteiger partial charge in [-0.15, -0.1) is 0 Å². The van der Waals surface area contributed by atoms with E-state index in [2.05, 4.69) is 11.1 Å². The van der Waals surface area contributed by atoms with Crippen LogP contribution in [0.2, 0.25) is 0 Å². The minimum Gasteiger partial charge on any atom is -0.356 e. The fraction of sp³-hybridized carbons (Fsp3) is 0.417. The second-order valence-corrected chi connectivity index (χ2v) is 3.64. The summed E-state index contributed by atoms with van der Waals surface area (Å²) in [5, 5.41) is 8.76. The van der Waals surface area contributed by atoms with Crippen LogP contribution in [0.25, 0.3) is 0 Å². The van der Waals surface area contributed by atoms with Crippen LogP contribution in [0.1, 0.15) is 24.2 Å². The Bertz CT molecular complexity index is 380. The molecule has 0 aliphatic heterocycles. The van der Waals surface area contributed by atoms with E-state index in [1.165, 1.54) is 0 Å². The van der Waals surface area contributed by atoms with E-state index in [-0.39, 0.29) is 5.92 Å². The van der Waals surface area contributed by atoms with Gasteiger partial charge in [0.15, 0.2) is 6.29 Å². The van der Waals surface area contributed by atoms with Crippen molar-refractivity contribution in [2.75, 3.05) is 18.0 Å². The van der Waals surface area contributed by atoms with E-state index in [9.17, 15) is 4.79 Å². The van der Waals surface area contributed by atoms with Gasteiger partial charge in [-0.25, -0.2) is 4.98 Å². The molecular formula is C12H15N3O. The van der Waals surface area contributed by atoms with Crippen LogP contribution in [0, 0.1) is 17.2 Å². The van der Waals surface area contributed by atoms with Crippen molar-refractivity contribution in [3.63, 3.8) is 0 Å². The molecule has 1 rings (SSSR count). The number of aldehydes is 1. The number of nitrogens with zero attached hydrogens (tertiary/aromatic N) is 3. The maximum absolute atomic E-state index is 10.5. The van der Waals surface area contributed by atoms with E-state index in [1.54, 1.807) is 18.3 Å². The first-order valence-corrected chi connectivity index (χ1v) is 5.27. The minimum atomic E-state index is -0.0347. The maximum atomic E-state index is 10.5. The molecule has 84 valence electrons. The van der Waals surface area contributed by atoms with Crippen molar-refractivity contribution in [1.29, 1.82) is 5.26 Å². The number of anilines is 1. The summed E-state index contributed by atoms with van der Waals surface area (Å²) in [6.45, 7) is 5.34. The normalized spacial score (nSPS) is 11.6. The van der Waals surface area contributed by atoms with Gasteiger partial charge in [0.25, 0.3) is 0 Å². The third kappa shape index (κ3) is 3.06. The Kier molecular flexibility index (Phi) is 4.46. The zero-order valence-electron chi connectivity index (χ0n) is 9.55. The lowest BCUT2D eigenvalue weighted by Crippen LogP contribution is -2.28. The highest BCUT2D eigenvalue weighted by Gasteiger charge is 2.09. The highest BCUT2D eigenvalue weighted by Crippen LogP contribution is 2.12. The summed E-state index contributed by atoms with van der Waals surface area (Å²) in [6.07, 6.45) is 2.31. The molecule has 0 aromatic carbocycles. The molecule has 1 aromatic rings. The van der Waals surface area contributed by atoms with Gasteiger partial charge >= 0.3 is 0 Å². The van der Waals surface area contributed by atoms with Crippen LogP contribution < -0.4 is 4.90 Å². The van der Waals surface area contributed by atoms with Gasteiger partial charge in [-0.1, -0.05) is 0 Å². The Morgan fingerprint density at radius 3 is 2.81 bits per heavy atom. The molecule has 1 atom stereocenters. The first kappa shape index (κ1) is 12.2. The van der Waals surface area contributed by atoms with Crippen molar-refractivity contribution in [2.24, 2.45) is 5.92 Å². The lowest BCUT2D eigenvalue weighted by Gasteiger charge is -2.22. The van der Waals surface area contributed by atoms with Crippen LogP contribution in [-0.2, 0) is 0 Å². The summed E-state index contributed by atoms with van der Waals surface area (Å²) in [4.78, 5) is 16.7. The Balaban J connectivity index is 2.79. The van der Waals surface area contributed by atoms with Gasteiger partial charge in [0, 0.05) is 24.8 Å². The minimum absolute atomic E-state index is 0.0347. The average molecular weight is 217 g/mol. The predicted octanol–water partition coefficient (Wildman–Crippen LogP) is 1.88. The molecule has 1 aromatic heterocycles. The van der Waals surface area contributed by atoms with Crippen molar-refractivity contribution in [2.45, 2.75) is 13.8 Å². The number of hydrogen-bond acceptors (Lipinski definition) is 4. The Morgan fingerprint density at radius 2 is 2.38 bits per heavy atom. The topological polar surface area (TPSA) is 57.0 Å². The van der Waals surface area contributed by atoms with E-state index in [0.717, 1.165) is 18.6 Å². The van der Waals surface area contributed by atoms with E-state index >= 15 is 0 Å². The van der Waals surface area contributed by atoms with Crippen LogP contribution >= 0.6 is 0 Å². The van der Waals surface area contributed by atoms with Crippen molar-refractivity contribution < 1.29 is 4.79 Å². The fourth-order valence-electron chi connectivity index (χ4n) is 1.41. The summed E-state index contributed by atoms with van der Waals surface area (Å²) in [5.41, 5.74) is 0.563. The summed E-state index contributed by atoms with van der Waals surface area (Å²) in [7, 11) is 0. The second kappa shape index (κ2) is 5.86. The smallest absolute Gasteiger partial charge is 0.151 e. The fourth-order valence-corrected chi connectivity index (χ4v) is 1.41. The van der Waals surface area contributed by atoms with Crippen molar-refractivity contribution >= 4 is 12.1 Å². The van der Waals surface area contributed by atoms with Gasteiger partial charge in [0.2, 0.25) is 0 Å².